The first-order chi connectivity index (χ1) is 15.2. The molecule has 4 rings (SSSR count). The van der Waals surface area contributed by atoms with E-state index in [9.17, 15) is 26.3 Å². The molecule has 2 heterocycles. The molecule has 0 aliphatic rings. The van der Waals surface area contributed by atoms with Gasteiger partial charge in [-0.25, -0.2) is 28.1 Å². The second-order valence-electron chi connectivity index (χ2n) is 6.56. The third-order valence-electron chi connectivity index (χ3n) is 4.57. The molecule has 2 aromatic carbocycles. The van der Waals surface area contributed by atoms with E-state index in [4.69, 9.17) is 4.74 Å². The summed E-state index contributed by atoms with van der Waals surface area (Å²) in [7, 11) is 1.38. The number of rotatable bonds is 5. The fourth-order valence-electron chi connectivity index (χ4n) is 3.05. The van der Waals surface area contributed by atoms with Gasteiger partial charge < -0.3 is 10.1 Å². The highest BCUT2D eigenvalue weighted by Gasteiger charge is 2.38. The van der Waals surface area contributed by atoms with Crippen molar-refractivity contribution in [3.63, 3.8) is 0 Å². The molecule has 166 valence electrons. The molecule has 0 radical (unpaired) electrons. The Morgan fingerprint density at radius 3 is 2.41 bits per heavy atom. The molecule has 0 unspecified atom stereocenters. The van der Waals surface area contributed by atoms with Crippen molar-refractivity contribution < 1.29 is 31.1 Å². The van der Waals surface area contributed by atoms with Crippen LogP contribution in [-0.4, -0.2) is 26.6 Å². The van der Waals surface area contributed by atoms with Gasteiger partial charge in [0.25, 0.3) is 0 Å². The average molecular weight is 453 g/mol. The summed E-state index contributed by atoms with van der Waals surface area (Å²) < 4.78 is 87.3. The molecule has 0 saturated heterocycles. The highest BCUT2D eigenvalue weighted by Crippen LogP contribution is 2.34. The van der Waals surface area contributed by atoms with Gasteiger partial charge >= 0.3 is 6.18 Å². The molecule has 0 bridgehead atoms. The maximum Gasteiger partial charge on any atom is 0.450 e. The Balaban J connectivity index is 1.67. The second kappa shape index (κ2) is 8.02. The van der Waals surface area contributed by atoms with Crippen LogP contribution in [0.3, 0.4) is 0 Å². The van der Waals surface area contributed by atoms with Gasteiger partial charge in [0, 0.05) is 18.2 Å². The van der Waals surface area contributed by atoms with E-state index in [1.54, 1.807) is 0 Å². The monoisotopic (exact) mass is 453 g/mol. The number of fused-ring (bicyclic) bond motifs is 1. The Labute approximate surface area is 176 Å². The molecule has 0 aliphatic carbocycles. The first-order valence-corrected chi connectivity index (χ1v) is 9.01. The van der Waals surface area contributed by atoms with Crippen molar-refractivity contribution >= 4 is 16.9 Å². The smallest absolute Gasteiger partial charge is 0.450 e. The van der Waals surface area contributed by atoms with Gasteiger partial charge in [-0.05, 0) is 24.3 Å². The number of methoxy groups -OCH3 is 1. The molecule has 0 aliphatic heterocycles. The van der Waals surface area contributed by atoms with Crippen molar-refractivity contribution in [2.45, 2.75) is 12.7 Å². The Hall–Kier alpha value is -3.83. The SMILES string of the molecule is COc1ccc2c(c1)nc(C(F)(F)F)n2-c1cnc(NCc2c(F)ccc(F)c2F)cn1. The van der Waals surface area contributed by atoms with Crippen molar-refractivity contribution in [3.05, 3.63) is 71.6 Å². The van der Waals surface area contributed by atoms with Crippen LogP contribution < -0.4 is 10.1 Å². The number of nitrogens with one attached hydrogen (secondary N) is 1. The lowest BCUT2D eigenvalue weighted by Crippen LogP contribution is -2.15. The Morgan fingerprint density at radius 2 is 1.75 bits per heavy atom. The minimum Gasteiger partial charge on any atom is -0.497 e. The summed E-state index contributed by atoms with van der Waals surface area (Å²) in [5.41, 5.74) is -0.389. The molecule has 0 spiro atoms. The Kier molecular flexibility index (Phi) is 5.36. The molecular weight excluding hydrogens is 440 g/mol. The number of hydrogen-bond donors (Lipinski definition) is 1. The number of anilines is 1. The highest BCUT2D eigenvalue weighted by atomic mass is 19.4. The van der Waals surface area contributed by atoms with E-state index in [0.29, 0.717) is 11.8 Å². The molecule has 0 saturated carbocycles. The summed E-state index contributed by atoms with van der Waals surface area (Å²) in [4.78, 5) is 11.6. The summed E-state index contributed by atoms with van der Waals surface area (Å²) in [5.74, 6) is -4.57. The zero-order chi connectivity index (χ0) is 23.0. The van der Waals surface area contributed by atoms with Crippen molar-refractivity contribution in [1.82, 2.24) is 19.5 Å². The van der Waals surface area contributed by atoms with Crippen molar-refractivity contribution in [1.29, 1.82) is 0 Å². The number of halogens is 6. The van der Waals surface area contributed by atoms with E-state index in [0.717, 1.165) is 23.0 Å². The average Bonchev–Trinajstić information content (AvgIpc) is 3.16. The Bertz CT molecular complexity index is 1290. The van der Waals surface area contributed by atoms with Crippen LogP contribution in [0, 0.1) is 17.5 Å². The first kappa shape index (κ1) is 21.4. The van der Waals surface area contributed by atoms with Gasteiger partial charge in [-0.1, -0.05) is 0 Å². The van der Waals surface area contributed by atoms with E-state index in [1.807, 2.05) is 0 Å². The third-order valence-corrected chi connectivity index (χ3v) is 4.57. The molecule has 12 heteroatoms. The van der Waals surface area contributed by atoms with E-state index >= 15 is 0 Å². The highest BCUT2D eigenvalue weighted by molar-refractivity contribution is 5.79. The summed E-state index contributed by atoms with van der Waals surface area (Å²) >= 11 is 0. The zero-order valence-corrected chi connectivity index (χ0v) is 16.2. The molecule has 6 nitrogen and oxygen atoms in total. The summed E-state index contributed by atoms with van der Waals surface area (Å²) in [6, 6.07) is 5.67. The first-order valence-electron chi connectivity index (χ1n) is 9.01. The summed E-state index contributed by atoms with van der Waals surface area (Å²) in [6.07, 6.45) is -2.65. The minimum atomic E-state index is -4.78. The van der Waals surface area contributed by atoms with Crippen LogP contribution in [-0.2, 0) is 12.7 Å². The number of nitrogens with zero attached hydrogens (tertiary/aromatic N) is 4. The molecule has 4 aromatic rings. The number of ether oxygens (including phenoxy) is 1. The lowest BCUT2D eigenvalue weighted by atomic mass is 10.2. The topological polar surface area (TPSA) is 64.9 Å². The van der Waals surface area contributed by atoms with E-state index in [1.165, 1.54) is 25.3 Å². The standard InChI is InChI=1S/C20H13F6N5O/c1-32-10-2-5-15-14(6-10)30-19(20(24,25)26)31(15)17-9-28-16(8-29-17)27-7-11-12(21)3-4-13(22)18(11)23/h2-6,8-9H,7H2,1H3,(H,27,28). The molecule has 0 amide bonds. The van der Waals surface area contributed by atoms with Gasteiger partial charge in [-0.3, -0.25) is 4.57 Å². The van der Waals surface area contributed by atoms with Crippen molar-refractivity contribution in [2.24, 2.45) is 0 Å². The number of aromatic nitrogens is 4. The molecule has 2 aromatic heterocycles. The van der Waals surface area contributed by atoms with Crippen LogP contribution >= 0.6 is 0 Å². The number of hydrogen-bond acceptors (Lipinski definition) is 5. The van der Waals surface area contributed by atoms with Crippen molar-refractivity contribution in [2.75, 3.05) is 12.4 Å². The van der Waals surface area contributed by atoms with Gasteiger partial charge in [-0.2, -0.15) is 13.2 Å². The van der Waals surface area contributed by atoms with Gasteiger partial charge in [0.05, 0.1) is 30.5 Å². The quantitative estimate of drug-likeness (QED) is 0.345. The summed E-state index contributed by atoms with van der Waals surface area (Å²) in [6.45, 7) is -0.453. The van der Waals surface area contributed by atoms with Gasteiger partial charge in [-0.15, -0.1) is 0 Å². The maximum atomic E-state index is 13.8. The number of benzene rings is 2. The summed E-state index contributed by atoms with van der Waals surface area (Å²) in [5, 5.41) is 2.56. The lowest BCUT2D eigenvalue weighted by Gasteiger charge is -2.12. The predicted octanol–water partition coefficient (Wildman–Crippen LogP) is 4.87. The largest absolute Gasteiger partial charge is 0.497 e. The van der Waals surface area contributed by atoms with Crippen LogP contribution in [0.5, 0.6) is 5.75 Å². The molecule has 0 atom stereocenters. The molecular formula is C20H13F6N5O. The zero-order valence-electron chi connectivity index (χ0n) is 16.2. The minimum absolute atomic E-state index is 0.0106. The van der Waals surface area contributed by atoms with Crippen LogP contribution in [0.2, 0.25) is 0 Å². The lowest BCUT2D eigenvalue weighted by molar-refractivity contribution is -0.145. The van der Waals surface area contributed by atoms with E-state index in [2.05, 4.69) is 20.3 Å². The fourth-order valence-corrected chi connectivity index (χ4v) is 3.05. The van der Waals surface area contributed by atoms with Crippen LogP contribution in [0.4, 0.5) is 32.2 Å². The van der Waals surface area contributed by atoms with Gasteiger partial charge in [0.15, 0.2) is 17.5 Å². The molecule has 0 fully saturated rings. The normalized spacial score (nSPS) is 11.7. The maximum absolute atomic E-state index is 13.8. The molecule has 1 N–H and O–H groups in total. The van der Waals surface area contributed by atoms with E-state index < -0.39 is 41.6 Å². The van der Waals surface area contributed by atoms with Crippen LogP contribution in [0.1, 0.15) is 11.4 Å². The van der Waals surface area contributed by atoms with Crippen molar-refractivity contribution in [3.8, 4) is 11.6 Å². The number of alkyl halides is 3. The van der Waals surface area contributed by atoms with E-state index in [-0.39, 0.29) is 22.7 Å². The molecule has 32 heavy (non-hydrogen) atoms. The van der Waals surface area contributed by atoms with Gasteiger partial charge in [0.1, 0.15) is 17.4 Å². The number of imidazole rings is 1. The fraction of sp³-hybridized carbons (Fsp3) is 0.150. The predicted molar refractivity (Wildman–Crippen MR) is 102 cm³/mol. The second-order valence-corrected chi connectivity index (χ2v) is 6.56. The Morgan fingerprint density at radius 1 is 1.00 bits per heavy atom. The van der Waals surface area contributed by atoms with Crippen LogP contribution in [0.15, 0.2) is 42.7 Å². The van der Waals surface area contributed by atoms with Crippen LogP contribution in [0.25, 0.3) is 16.9 Å². The third kappa shape index (κ3) is 3.90. The van der Waals surface area contributed by atoms with Gasteiger partial charge in [0.2, 0.25) is 5.82 Å².